The second kappa shape index (κ2) is 16.6. The van der Waals surface area contributed by atoms with Crippen molar-refractivity contribution in [1.29, 1.82) is 0 Å². The fraction of sp³-hybridized carbons (Fsp3) is 0.562. The van der Waals surface area contributed by atoms with Crippen LogP contribution >= 0.6 is 0 Å². The summed E-state index contributed by atoms with van der Waals surface area (Å²) in [5.41, 5.74) is 2.33. The molecule has 0 unspecified atom stereocenters. The van der Waals surface area contributed by atoms with E-state index in [9.17, 15) is 19.2 Å². The van der Waals surface area contributed by atoms with E-state index in [1.54, 1.807) is 33.8 Å². The van der Waals surface area contributed by atoms with Gasteiger partial charge in [0.05, 0.1) is 32.7 Å². The van der Waals surface area contributed by atoms with Crippen molar-refractivity contribution in [3.05, 3.63) is 58.7 Å². The van der Waals surface area contributed by atoms with Crippen LogP contribution in [0.5, 0.6) is 0 Å². The Hall–Kier alpha value is -3.42. The topological polar surface area (TPSA) is 105 Å². The van der Waals surface area contributed by atoms with Crippen molar-refractivity contribution in [3.63, 3.8) is 0 Å². The molecule has 222 valence electrons. The molecule has 0 atom stereocenters. The maximum absolute atomic E-state index is 12.9. The highest BCUT2D eigenvalue weighted by molar-refractivity contribution is 5.94. The molecule has 8 heteroatoms. The molecule has 0 fully saturated rings. The van der Waals surface area contributed by atoms with E-state index in [0.29, 0.717) is 5.57 Å². The quantitative estimate of drug-likeness (QED) is 0.106. The van der Waals surface area contributed by atoms with Gasteiger partial charge in [0.15, 0.2) is 0 Å². The van der Waals surface area contributed by atoms with Gasteiger partial charge < -0.3 is 18.9 Å². The van der Waals surface area contributed by atoms with Gasteiger partial charge >= 0.3 is 23.9 Å². The first-order valence-corrected chi connectivity index (χ1v) is 13.9. The summed E-state index contributed by atoms with van der Waals surface area (Å²) in [6.45, 7) is 15.2. The van der Waals surface area contributed by atoms with E-state index in [1.165, 1.54) is 30.1 Å². The summed E-state index contributed by atoms with van der Waals surface area (Å²) in [5, 5.41) is 0. The minimum Gasteiger partial charge on any atom is -0.466 e. The lowest BCUT2D eigenvalue weighted by Crippen LogP contribution is -2.48. The van der Waals surface area contributed by atoms with Gasteiger partial charge in [-0.05, 0) is 77.4 Å². The number of rotatable bonds is 14. The molecule has 0 aromatic heterocycles. The average molecular weight is 559 g/mol. The van der Waals surface area contributed by atoms with Crippen LogP contribution in [-0.4, -0.2) is 49.3 Å². The summed E-state index contributed by atoms with van der Waals surface area (Å²) < 4.78 is 20.4. The third-order valence-corrected chi connectivity index (χ3v) is 6.53. The SMILES string of the molecule is CCOC(=O)CC(CC(=O)OCC)(OC(=O)C=C(C)C=CC=C(C)C=CC1=C(C)CCCC1(C)C)C(=O)OCC. The standard InChI is InChI=1S/C32H46O8/c1-9-37-28(34)21-32(30(36)39-11-3,22-29(35)38-10-2)40-27(33)20-24(5)15-12-14-23(4)17-18-26-25(6)16-13-19-31(26,7)8/h12,14-15,17-18,20H,9-11,13,16,19,21-22H2,1-8H3. The third kappa shape index (κ3) is 11.4. The highest BCUT2D eigenvalue weighted by Gasteiger charge is 2.49. The first-order chi connectivity index (χ1) is 18.8. The molecule has 1 rings (SSSR count). The second-order valence-electron chi connectivity index (χ2n) is 10.5. The van der Waals surface area contributed by atoms with Crippen LogP contribution in [0.3, 0.4) is 0 Å². The Kier molecular flexibility index (Phi) is 14.4. The van der Waals surface area contributed by atoms with Crippen LogP contribution < -0.4 is 0 Å². The van der Waals surface area contributed by atoms with Gasteiger partial charge in [-0.25, -0.2) is 9.59 Å². The largest absolute Gasteiger partial charge is 0.466 e. The molecule has 0 aromatic carbocycles. The van der Waals surface area contributed by atoms with Gasteiger partial charge in [0.25, 0.3) is 0 Å². The normalized spacial score (nSPS) is 16.3. The van der Waals surface area contributed by atoms with Crippen LogP contribution in [-0.2, 0) is 38.1 Å². The van der Waals surface area contributed by atoms with Gasteiger partial charge in [-0.1, -0.05) is 55.4 Å². The maximum Gasteiger partial charge on any atom is 0.351 e. The first kappa shape index (κ1) is 34.6. The van der Waals surface area contributed by atoms with Crippen LogP contribution in [0.25, 0.3) is 0 Å². The van der Waals surface area contributed by atoms with Crippen LogP contribution in [0.2, 0.25) is 0 Å². The molecule has 0 aromatic rings. The Morgan fingerprint density at radius 2 is 1.45 bits per heavy atom. The van der Waals surface area contributed by atoms with Crippen LogP contribution in [0, 0.1) is 5.41 Å². The number of esters is 4. The molecule has 0 amide bonds. The lowest BCUT2D eigenvalue weighted by Gasteiger charge is -2.32. The number of ether oxygens (including phenoxy) is 4. The zero-order chi connectivity index (χ0) is 30.3. The van der Waals surface area contributed by atoms with E-state index in [2.05, 4.69) is 32.9 Å². The van der Waals surface area contributed by atoms with Crippen molar-refractivity contribution in [2.45, 2.75) is 93.1 Å². The smallest absolute Gasteiger partial charge is 0.351 e. The van der Waals surface area contributed by atoms with Crippen LogP contribution in [0.15, 0.2) is 58.7 Å². The molecule has 0 saturated carbocycles. The van der Waals surface area contributed by atoms with E-state index >= 15 is 0 Å². The molecular weight excluding hydrogens is 512 g/mol. The number of carbonyl (C=O) groups excluding carboxylic acids is 4. The van der Waals surface area contributed by atoms with Gasteiger partial charge in [0, 0.05) is 6.08 Å². The molecule has 0 N–H and O–H groups in total. The first-order valence-electron chi connectivity index (χ1n) is 13.9. The van der Waals surface area contributed by atoms with Gasteiger partial charge in [0.1, 0.15) is 0 Å². The molecule has 0 spiro atoms. The van der Waals surface area contributed by atoms with Crippen LogP contribution in [0.1, 0.15) is 87.5 Å². The summed E-state index contributed by atoms with van der Waals surface area (Å²) >= 11 is 0. The Morgan fingerprint density at radius 3 is 1.98 bits per heavy atom. The number of allylic oxidation sites excluding steroid dienone is 9. The summed E-state index contributed by atoms with van der Waals surface area (Å²) in [6, 6.07) is 0. The van der Waals surface area contributed by atoms with Gasteiger partial charge in [-0.15, -0.1) is 0 Å². The summed E-state index contributed by atoms with van der Waals surface area (Å²) in [5.74, 6) is -3.57. The van der Waals surface area contributed by atoms with E-state index in [0.717, 1.165) is 12.0 Å². The monoisotopic (exact) mass is 558 g/mol. The summed E-state index contributed by atoms with van der Waals surface area (Å²) in [4.78, 5) is 50.3. The maximum atomic E-state index is 12.9. The minimum absolute atomic E-state index is 0.0458. The second-order valence-corrected chi connectivity index (χ2v) is 10.5. The predicted molar refractivity (Wildman–Crippen MR) is 154 cm³/mol. The Morgan fingerprint density at radius 1 is 0.875 bits per heavy atom. The van der Waals surface area contributed by atoms with Crippen molar-refractivity contribution < 1.29 is 38.1 Å². The average Bonchev–Trinajstić information content (AvgIpc) is 2.83. The molecule has 1 aliphatic rings. The van der Waals surface area contributed by atoms with E-state index in [4.69, 9.17) is 18.9 Å². The zero-order valence-electron chi connectivity index (χ0n) is 25.4. The van der Waals surface area contributed by atoms with Crippen molar-refractivity contribution >= 4 is 23.9 Å². The highest BCUT2D eigenvalue weighted by Crippen LogP contribution is 2.40. The summed E-state index contributed by atoms with van der Waals surface area (Å²) in [6.07, 6.45) is 13.0. The molecule has 0 aliphatic heterocycles. The number of hydrogen-bond donors (Lipinski definition) is 0. The van der Waals surface area contributed by atoms with Gasteiger partial charge in [-0.3, -0.25) is 9.59 Å². The highest BCUT2D eigenvalue weighted by atomic mass is 16.6. The Balaban J connectivity index is 3.11. The van der Waals surface area contributed by atoms with E-state index < -0.39 is 42.3 Å². The van der Waals surface area contributed by atoms with Crippen molar-refractivity contribution in [2.75, 3.05) is 19.8 Å². The molecule has 8 nitrogen and oxygen atoms in total. The van der Waals surface area contributed by atoms with Crippen molar-refractivity contribution in [2.24, 2.45) is 5.41 Å². The van der Waals surface area contributed by atoms with E-state index in [-0.39, 0.29) is 25.2 Å². The fourth-order valence-electron chi connectivity index (χ4n) is 4.56. The molecule has 0 bridgehead atoms. The Labute approximate surface area is 239 Å². The van der Waals surface area contributed by atoms with E-state index in [1.807, 2.05) is 19.1 Å². The van der Waals surface area contributed by atoms with Crippen LogP contribution in [0.4, 0.5) is 0 Å². The zero-order valence-corrected chi connectivity index (χ0v) is 25.4. The molecule has 0 saturated heterocycles. The lowest BCUT2D eigenvalue weighted by atomic mass is 9.72. The molecule has 0 heterocycles. The lowest BCUT2D eigenvalue weighted by molar-refractivity contribution is -0.188. The fourth-order valence-corrected chi connectivity index (χ4v) is 4.56. The minimum atomic E-state index is -2.22. The molecular formula is C32H46O8. The third-order valence-electron chi connectivity index (χ3n) is 6.53. The number of hydrogen-bond acceptors (Lipinski definition) is 8. The van der Waals surface area contributed by atoms with Gasteiger partial charge in [-0.2, -0.15) is 0 Å². The summed E-state index contributed by atoms with van der Waals surface area (Å²) in [7, 11) is 0. The Bertz CT molecular complexity index is 1050. The number of carbonyl (C=O) groups is 4. The predicted octanol–water partition coefficient (Wildman–Crippen LogP) is 6.27. The molecule has 40 heavy (non-hydrogen) atoms. The molecule has 1 aliphatic carbocycles. The molecule has 0 radical (unpaired) electrons. The van der Waals surface area contributed by atoms with Gasteiger partial charge in [0.2, 0.25) is 5.60 Å². The van der Waals surface area contributed by atoms with Crippen molar-refractivity contribution in [3.8, 4) is 0 Å². The van der Waals surface area contributed by atoms with Crippen molar-refractivity contribution in [1.82, 2.24) is 0 Å².